The molecule has 1 N–H and O–H groups in total. The van der Waals surface area contributed by atoms with Gasteiger partial charge in [-0.05, 0) is 12.1 Å². The van der Waals surface area contributed by atoms with Crippen LogP contribution in [0.4, 0.5) is 0 Å². The van der Waals surface area contributed by atoms with E-state index in [4.69, 9.17) is 23.7 Å². The van der Waals surface area contributed by atoms with Crippen molar-refractivity contribution in [3.63, 3.8) is 0 Å². The third-order valence-corrected chi connectivity index (χ3v) is 4.30. The number of amides is 1. The Labute approximate surface area is 184 Å². The molecule has 1 aliphatic heterocycles. The molecule has 1 aromatic rings. The number of benzene rings is 1. The molecule has 5 atom stereocenters. The van der Waals surface area contributed by atoms with Gasteiger partial charge in [-0.1, -0.05) is 18.2 Å². The second-order valence-corrected chi connectivity index (χ2v) is 6.96. The van der Waals surface area contributed by atoms with Gasteiger partial charge in [0.15, 0.2) is 24.5 Å². The van der Waals surface area contributed by atoms with Gasteiger partial charge in [-0.15, -0.1) is 0 Å². The van der Waals surface area contributed by atoms with E-state index in [2.05, 4.69) is 5.32 Å². The number of ether oxygens (including phenoxy) is 5. The lowest BCUT2D eigenvalue weighted by Crippen LogP contribution is -2.66. The predicted molar refractivity (Wildman–Crippen MR) is 106 cm³/mol. The van der Waals surface area contributed by atoms with Crippen molar-refractivity contribution in [2.24, 2.45) is 0 Å². The van der Waals surface area contributed by atoms with E-state index < -0.39 is 60.4 Å². The molecule has 1 aromatic carbocycles. The molecule has 1 saturated heterocycles. The lowest BCUT2D eigenvalue weighted by atomic mass is 9.97. The standard InChI is InChI=1S/C21H25NO10/c1-11(23)28-10-16-17(29-12(2)24)18(30-13(3)25)19(31-14(4)26)21(32-16)22-20(27)15-8-6-5-7-9-15/h5-9,16-19,21H,10H2,1-4H3,(H,22,27)/t16-,17+,18+,19-,21-/m1/s1. The zero-order valence-electron chi connectivity index (χ0n) is 18.1. The third-order valence-electron chi connectivity index (χ3n) is 4.30. The molecule has 0 unspecified atom stereocenters. The summed E-state index contributed by atoms with van der Waals surface area (Å²) in [6.45, 7) is 4.15. The molecule has 174 valence electrons. The SMILES string of the molecule is CC(=O)OC[C@H]1O[C@@H](NC(=O)c2ccccc2)[C@H](OC(C)=O)[C@@H](OC(C)=O)[C@H]1OC(C)=O. The maximum Gasteiger partial charge on any atom is 0.303 e. The highest BCUT2D eigenvalue weighted by Crippen LogP contribution is 2.28. The molecule has 0 saturated carbocycles. The van der Waals surface area contributed by atoms with E-state index in [1.54, 1.807) is 30.3 Å². The highest BCUT2D eigenvalue weighted by Gasteiger charge is 2.52. The van der Waals surface area contributed by atoms with Crippen molar-refractivity contribution >= 4 is 29.8 Å². The van der Waals surface area contributed by atoms with Gasteiger partial charge in [-0.2, -0.15) is 0 Å². The lowest BCUT2D eigenvalue weighted by Gasteiger charge is -2.44. The van der Waals surface area contributed by atoms with Crippen LogP contribution in [-0.4, -0.2) is 67.0 Å². The third kappa shape index (κ3) is 7.05. The summed E-state index contributed by atoms with van der Waals surface area (Å²) < 4.78 is 26.7. The molecule has 1 aliphatic rings. The van der Waals surface area contributed by atoms with Crippen LogP contribution < -0.4 is 5.32 Å². The van der Waals surface area contributed by atoms with Gasteiger partial charge in [0.25, 0.3) is 5.91 Å². The maximum atomic E-state index is 12.7. The quantitative estimate of drug-likeness (QED) is 0.460. The normalized spacial score (nSPS) is 24.6. The summed E-state index contributed by atoms with van der Waals surface area (Å²) in [5, 5.41) is 2.57. The molecule has 0 bridgehead atoms. The van der Waals surface area contributed by atoms with Crippen LogP contribution in [0, 0.1) is 0 Å². The molecule has 1 heterocycles. The summed E-state index contributed by atoms with van der Waals surface area (Å²) >= 11 is 0. The fraction of sp³-hybridized carbons (Fsp3) is 0.476. The molecule has 1 amide bonds. The molecule has 32 heavy (non-hydrogen) atoms. The van der Waals surface area contributed by atoms with Crippen molar-refractivity contribution in [2.45, 2.75) is 58.3 Å². The molecule has 11 nitrogen and oxygen atoms in total. The number of carbonyl (C=O) groups is 5. The zero-order chi connectivity index (χ0) is 23.8. The fourth-order valence-corrected chi connectivity index (χ4v) is 3.15. The Kier molecular flexibility index (Phi) is 8.71. The van der Waals surface area contributed by atoms with E-state index in [0.29, 0.717) is 5.56 Å². The summed E-state index contributed by atoms with van der Waals surface area (Å²) in [7, 11) is 0. The first-order valence-corrected chi connectivity index (χ1v) is 9.75. The Morgan fingerprint density at radius 2 is 1.31 bits per heavy atom. The van der Waals surface area contributed by atoms with Gasteiger partial charge >= 0.3 is 23.9 Å². The predicted octanol–water partition coefficient (Wildman–Crippen LogP) is 0.499. The van der Waals surface area contributed by atoms with Gasteiger partial charge in [0, 0.05) is 33.3 Å². The smallest absolute Gasteiger partial charge is 0.303 e. The molecular formula is C21H25NO10. The largest absolute Gasteiger partial charge is 0.463 e. The van der Waals surface area contributed by atoms with Gasteiger partial charge in [0.2, 0.25) is 0 Å². The number of carbonyl (C=O) groups excluding carboxylic acids is 5. The van der Waals surface area contributed by atoms with Crippen LogP contribution in [0.5, 0.6) is 0 Å². The molecule has 0 radical (unpaired) electrons. The van der Waals surface area contributed by atoms with E-state index in [1.807, 2.05) is 0 Å². The van der Waals surface area contributed by atoms with Gasteiger partial charge in [-0.25, -0.2) is 0 Å². The summed E-state index contributed by atoms with van der Waals surface area (Å²) in [5.74, 6) is -3.45. The van der Waals surface area contributed by atoms with Gasteiger partial charge in [-0.3, -0.25) is 24.0 Å². The molecule has 1 fully saturated rings. The average molecular weight is 451 g/mol. The van der Waals surface area contributed by atoms with Crippen LogP contribution in [-0.2, 0) is 42.9 Å². The summed E-state index contributed by atoms with van der Waals surface area (Å²) in [6.07, 6.45) is -6.45. The monoisotopic (exact) mass is 451 g/mol. The van der Waals surface area contributed by atoms with E-state index in [-0.39, 0.29) is 6.61 Å². The van der Waals surface area contributed by atoms with E-state index >= 15 is 0 Å². The first-order chi connectivity index (χ1) is 15.1. The van der Waals surface area contributed by atoms with Crippen LogP contribution in [0.3, 0.4) is 0 Å². The molecule has 0 spiro atoms. The summed E-state index contributed by atoms with van der Waals surface area (Å²) in [4.78, 5) is 59.3. The van der Waals surface area contributed by atoms with Crippen molar-refractivity contribution in [2.75, 3.05) is 6.61 Å². The van der Waals surface area contributed by atoms with Crippen LogP contribution >= 0.6 is 0 Å². The highest BCUT2D eigenvalue weighted by atomic mass is 16.7. The number of esters is 4. The fourth-order valence-electron chi connectivity index (χ4n) is 3.15. The highest BCUT2D eigenvalue weighted by molar-refractivity contribution is 5.94. The first kappa shape index (κ1) is 24.8. The van der Waals surface area contributed by atoms with Crippen LogP contribution in [0.2, 0.25) is 0 Å². The Morgan fingerprint density at radius 3 is 1.84 bits per heavy atom. The lowest BCUT2D eigenvalue weighted by molar-refractivity contribution is -0.255. The molecule has 0 aliphatic carbocycles. The first-order valence-electron chi connectivity index (χ1n) is 9.75. The molecular weight excluding hydrogens is 426 g/mol. The minimum Gasteiger partial charge on any atom is -0.463 e. The van der Waals surface area contributed by atoms with Gasteiger partial charge in [0.05, 0.1) is 0 Å². The van der Waals surface area contributed by atoms with Gasteiger partial charge < -0.3 is 29.0 Å². The van der Waals surface area contributed by atoms with Crippen molar-refractivity contribution in [1.29, 1.82) is 0 Å². The Balaban J connectivity index is 2.42. The van der Waals surface area contributed by atoms with Crippen LogP contribution in [0.15, 0.2) is 30.3 Å². The minimum atomic E-state index is -1.36. The summed E-state index contributed by atoms with van der Waals surface area (Å²) in [6, 6.07) is 8.15. The number of hydrogen-bond acceptors (Lipinski definition) is 10. The van der Waals surface area contributed by atoms with Gasteiger partial charge in [0.1, 0.15) is 12.7 Å². The second kappa shape index (κ2) is 11.2. The minimum absolute atomic E-state index is 0.292. The number of rotatable bonds is 7. The van der Waals surface area contributed by atoms with Crippen LogP contribution in [0.25, 0.3) is 0 Å². The Morgan fingerprint density at radius 1 is 0.781 bits per heavy atom. The maximum absolute atomic E-state index is 12.7. The van der Waals surface area contributed by atoms with Crippen molar-refractivity contribution in [1.82, 2.24) is 5.32 Å². The average Bonchev–Trinajstić information content (AvgIpc) is 2.70. The topological polar surface area (TPSA) is 144 Å². The number of hydrogen-bond donors (Lipinski definition) is 1. The zero-order valence-corrected chi connectivity index (χ0v) is 18.1. The van der Waals surface area contributed by atoms with E-state index in [1.165, 1.54) is 6.92 Å². The second-order valence-electron chi connectivity index (χ2n) is 6.96. The van der Waals surface area contributed by atoms with Crippen LogP contribution in [0.1, 0.15) is 38.1 Å². The Bertz CT molecular complexity index is 855. The van der Waals surface area contributed by atoms with E-state index in [0.717, 1.165) is 20.8 Å². The number of nitrogens with one attached hydrogen (secondary N) is 1. The Hall–Kier alpha value is -3.47. The summed E-state index contributed by atoms with van der Waals surface area (Å²) in [5.41, 5.74) is 0.292. The van der Waals surface area contributed by atoms with Crippen molar-refractivity contribution in [3.8, 4) is 0 Å². The van der Waals surface area contributed by atoms with Crippen molar-refractivity contribution < 1.29 is 47.7 Å². The van der Waals surface area contributed by atoms with Crippen molar-refractivity contribution in [3.05, 3.63) is 35.9 Å². The molecule has 0 aromatic heterocycles. The molecule has 2 rings (SSSR count). The molecule has 11 heteroatoms. The van der Waals surface area contributed by atoms with E-state index in [9.17, 15) is 24.0 Å².